The molecule has 0 aliphatic rings. The second-order valence-electron chi connectivity index (χ2n) is 5.24. The fraction of sp³-hybridized carbons (Fsp3) is 0.312. The highest BCUT2D eigenvalue weighted by Gasteiger charge is 2.10. The van der Waals surface area contributed by atoms with Gasteiger partial charge in [-0.1, -0.05) is 13.0 Å². The molecular weight excluding hydrogens is 262 g/mol. The minimum Gasteiger partial charge on any atom is -0.339 e. The zero-order valence-electron chi connectivity index (χ0n) is 12.8. The topological polar surface area (TPSA) is 55.6 Å². The first-order valence-corrected chi connectivity index (χ1v) is 7.11. The van der Waals surface area contributed by atoms with E-state index < -0.39 is 0 Å². The molecule has 0 amide bonds. The SMILES string of the molecule is CCc1cc(Nc2nc(C)nc3c2cnn3C)ccc1C. The van der Waals surface area contributed by atoms with Crippen LogP contribution in [0.15, 0.2) is 24.4 Å². The number of fused-ring (bicyclic) bond motifs is 1. The average Bonchev–Trinajstić information content (AvgIpc) is 2.83. The Morgan fingerprint density at radius 1 is 1.19 bits per heavy atom. The summed E-state index contributed by atoms with van der Waals surface area (Å²) in [6.07, 6.45) is 2.82. The molecule has 0 aliphatic heterocycles. The normalized spacial score (nSPS) is 11.0. The van der Waals surface area contributed by atoms with Crippen LogP contribution in [-0.4, -0.2) is 19.7 Å². The lowest BCUT2D eigenvalue weighted by atomic mass is 10.1. The highest BCUT2D eigenvalue weighted by Crippen LogP contribution is 2.24. The number of nitrogens with one attached hydrogen (secondary N) is 1. The van der Waals surface area contributed by atoms with E-state index in [1.165, 1.54) is 11.1 Å². The molecule has 0 saturated carbocycles. The molecule has 108 valence electrons. The van der Waals surface area contributed by atoms with Gasteiger partial charge in [-0.25, -0.2) is 9.97 Å². The number of benzene rings is 1. The van der Waals surface area contributed by atoms with Gasteiger partial charge in [0.15, 0.2) is 5.65 Å². The Labute approximate surface area is 124 Å². The minimum absolute atomic E-state index is 0.733. The Bertz CT molecular complexity index is 804. The van der Waals surface area contributed by atoms with Crippen molar-refractivity contribution in [3.63, 3.8) is 0 Å². The van der Waals surface area contributed by atoms with Crippen LogP contribution in [0.2, 0.25) is 0 Å². The molecule has 0 unspecified atom stereocenters. The first kappa shape index (κ1) is 13.5. The summed E-state index contributed by atoms with van der Waals surface area (Å²) >= 11 is 0. The van der Waals surface area contributed by atoms with Crippen LogP contribution in [0, 0.1) is 13.8 Å². The third-order valence-corrected chi connectivity index (χ3v) is 3.70. The van der Waals surface area contributed by atoms with Gasteiger partial charge in [0.2, 0.25) is 0 Å². The molecule has 0 aliphatic carbocycles. The molecule has 0 saturated heterocycles. The second-order valence-corrected chi connectivity index (χ2v) is 5.24. The van der Waals surface area contributed by atoms with Crippen LogP contribution < -0.4 is 5.32 Å². The maximum Gasteiger partial charge on any atom is 0.163 e. The molecule has 5 heteroatoms. The van der Waals surface area contributed by atoms with Crippen LogP contribution in [0.5, 0.6) is 0 Å². The first-order valence-electron chi connectivity index (χ1n) is 7.11. The number of aromatic nitrogens is 4. The van der Waals surface area contributed by atoms with Crippen LogP contribution in [0.3, 0.4) is 0 Å². The quantitative estimate of drug-likeness (QED) is 0.800. The van der Waals surface area contributed by atoms with Crippen molar-refractivity contribution in [2.24, 2.45) is 7.05 Å². The van der Waals surface area contributed by atoms with Gasteiger partial charge in [0.1, 0.15) is 11.6 Å². The lowest BCUT2D eigenvalue weighted by Gasteiger charge is -2.10. The molecule has 0 atom stereocenters. The highest BCUT2D eigenvalue weighted by atomic mass is 15.3. The van der Waals surface area contributed by atoms with Crippen LogP contribution in [0.1, 0.15) is 23.9 Å². The van der Waals surface area contributed by atoms with Gasteiger partial charge in [-0.15, -0.1) is 0 Å². The molecule has 2 aromatic heterocycles. The van der Waals surface area contributed by atoms with E-state index in [2.05, 4.69) is 52.4 Å². The summed E-state index contributed by atoms with van der Waals surface area (Å²) in [4.78, 5) is 8.95. The van der Waals surface area contributed by atoms with E-state index >= 15 is 0 Å². The number of hydrogen-bond donors (Lipinski definition) is 1. The largest absolute Gasteiger partial charge is 0.339 e. The zero-order chi connectivity index (χ0) is 15.0. The lowest BCUT2D eigenvalue weighted by Crippen LogP contribution is -2.01. The summed E-state index contributed by atoms with van der Waals surface area (Å²) in [5.41, 5.74) is 4.54. The van der Waals surface area contributed by atoms with Gasteiger partial charge in [-0.05, 0) is 43.5 Å². The van der Waals surface area contributed by atoms with Crippen molar-refractivity contribution in [2.45, 2.75) is 27.2 Å². The standard InChI is InChI=1S/C16H19N5/c1-5-12-8-13(7-6-10(12)2)20-15-14-9-17-21(4)16(14)19-11(3)18-15/h6-9H,5H2,1-4H3,(H,18,19,20). The highest BCUT2D eigenvalue weighted by molar-refractivity contribution is 5.88. The third-order valence-electron chi connectivity index (χ3n) is 3.70. The third kappa shape index (κ3) is 2.46. The first-order chi connectivity index (χ1) is 10.1. The number of aryl methyl sites for hydroxylation is 4. The van der Waals surface area contributed by atoms with E-state index in [0.717, 1.165) is 34.8 Å². The molecule has 0 fully saturated rings. The Balaban J connectivity index is 2.05. The maximum absolute atomic E-state index is 4.51. The summed E-state index contributed by atoms with van der Waals surface area (Å²) in [6.45, 7) is 6.20. The Kier molecular flexibility index (Phi) is 3.33. The van der Waals surface area contributed by atoms with Crippen LogP contribution in [0.25, 0.3) is 11.0 Å². The Morgan fingerprint density at radius 2 is 2.00 bits per heavy atom. The van der Waals surface area contributed by atoms with E-state index in [-0.39, 0.29) is 0 Å². The number of rotatable bonds is 3. The van der Waals surface area contributed by atoms with Crippen LogP contribution in [0.4, 0.5) is 11.5 Å². The molecule has 1 aromatic carbocycles. The van der Waals surface area contributed by atoms with E-state index in [4.69, 9.17) is 0 Å². The van der Waals surface area contributed by atoms with Crippen LogP contribution >= 0.6 is 0 Å². The number of nitrogens with zero attached hydrogens (tertiary/aromatic N) is 4. The van der Waals surface area contributed by atoms with E-state index in [1.807, 2.05) is 14.0 Å². The van der Waals surface area contributed by atoms with Gasteiger partial charge < -0.3 is 5.32 Å². The fourth-order valence-corrected chi connectivity index (χ4v) is 2.49. The van der Waals surface area contributed by atoms with Crippen LogP contribution in [-0.2, 0) is 13.5 Å². The van der Waals surface area contributed by atoms with Crippen molar-refractivity contribution >= 4 is 22.5 Å². The molecule has 0 spiro atoms. The monoisotopic (exact) mass is 281 g/mol. The molecule has 0 radical (unpaired) electrons. The summed E-state index contributed by atoms with van der Waals surface area (Å²) in [7, 11) is 1.89. The zero-order valence-corrected chi connectivity index (χ0v) is 12.8. The summed E-state index contributed by atoms with van der Waals surface area (Å²) < 4.78 is 1.77. The van der Waals surface area contributed by atoms with E-state index in [9.17, 15) is 0 Å². The number of anilines is 2. The smallest absolute Gasteiger partial charge is 0.163 e. The molecule has 5 nitrogen and oxygen atoms in total. The molecule has 0 bridgehead atoms. The van der Waals surface area contributed by atoms with Gasteiger partial charge in [0, 0.05) is 12.7 Å². The molecular formula is C16H19N5. The molecule has 3 aromatic rings. The van der Waals surface area contributed by atoms with E-state index in [0.29, 0.717) is 0 Å². The Hall–Kier alpha value is -2.43. The van der Waals surface area contributed by atoms with E-state index in [1.54, 1.807) is 10.9 Å². The van der Waals surface area contributed by atoms with Gasteiger partial charge in [-0.2, -0.15) is 5.10 Å². The van der Waals surface area contributed by atoms with Gasteiger partial charge >= 0.3 is 0 Å². The molecule has 21 heavy (non-hydrogen) atoms. The van der Waals surface area contributed by atoms with Crippen molar-refractivity contribution in [3.8, 4) is 0 Å². The summed E-state index contributed by atoms with van der Waals surface area (Å²) in [5, 5.41) is 8.59. The predicted molar refractivity (Wildman–Crippen MR) is 84.9 cm³/mol. The summed E-state index contributed by atoms with van der Waals surface area (Å²) in [6, 6.07) is 6.39. The van der Waals surface area contributed by atoms with Crippen molar-refractivity contribution < 1.29 is 0 Å². The summed E-state index contributed by atoms with van der Waals surface area (Å²) in [5.74, 6) is 1.54. The van der Waals surface area contributed by atoms with Gasteiger partial charge in [0.05, 0.1) is 11.6 Å². The minimum atomic E-state index is 0.733. The predicted octanol–water partition coefficient (Wildman–Crippen LogP) is 3.29. The lowest BCUT2D eigenvalue weighted by molar-refractivity contribution is 0.783. The van der Waals surface area contributed by atoms with Gasteiger partial charge in [0.25, 0.3) is 0 Å². The Morgan fingerprint density at radius 3 is 2.76 bits per heavy atom. The molecule has 1 N–H and O–H groups in total. The molecule has 2 heterocycles. The fourth-order valence-electron chi connectivity index (χ4n) is 2.49. The molecule has 3 rings (SSSR count). The van der Waals surface area contributed by atoms with Crippen molar-refractivity contribution in [1.82, 2.24) is 19.7 Å². The van der Waals surface area contributed by atoms with Crippen molar-refractivity contribution in [1.29, 1.82) is 0 Å². The van der Waals surface area contributed by atoms with Crippen molar-refractivity contribution in [2.75, 3.05) is 5.32 Å². The van der Waals surface area contributed by atoms with Crippen molar-refractivity contribution in [3.05, 3.63) is 41.3 Å². The average molecular weight is 281 g/mol. The number of hydrogen-bond acceptors (Lipinski definition) is 4. The van der Waals surface area contributed by atoms with Gasteiger partial charge in [-0.3, -0.25) is 4.68 Å². The second kappa shape index (κ2) is 5.16. The maximum atomic E-state index is 4.51.